The molecule has 1 aromatic rings. The van der Waals surface area contributed by atoms with Crippen molar-refractivity contribution in [2.24, 2.45) is 0 Å². The van der Waals surface area contributed by atoms with Gasteiger partial charge in [-0.25, -0.2) is 4.98 Å². The number of hydrogen-bond acceptors (Lipinski definition) is 6. The average Bonchev–Trinajstić information content (AvgIpc) is 2.01. The molecule has 0 radical (unpaired) electrons. The average molecular weight is 222 g/mol. The Morgan fingerprint density at radius 3 is 2.71 bits per heavy atom. The molecule has 9 heteroatoms. The Hall–Kier alpha value is -1.35. The summed E-state index contributed by atoms with van der Waals surface area (Å²) in [7, 11) is -2.89. The third-order valence-corrected chi connectivity index (χ3v) is 1.94. The van der Waals surface area contributed by atoms with E-state index in [-0.39, 0.29) is 5.95 Å². The van der Waals surface area contributed by atoms with Crippen molar-refractivity contribution in [3.63, 3.8) is 0 Å². The number of anilines is 1. The van der Waals surface area contributed by atoms with Gasteiger partial charge in [0, 0.05) is 7.05 Å². The molecule has 0 saturated carbocycles. The zero-order valence-electron chi connectivity index (χ0n) is 7.12. The lowest BCUT2D eigenvalue weighted by Crippen LogP contribution is -2.27. The summed E-state index contributed by atoms with van der Waals surface area (Å²) in [5, 5.41) is 0. The SMILES string of the molecule is CN(CS(=O)(=O)O)c1ncnc(F)n1. The first-order valence-corrected chi connectivity index (χ1v) is 5.00. The molecule has 0 aliphatic heterocycles. The Balaban J connectivity index is 2.85. The van der Waals surface area contributed by atoms with Crippen LogP contribution in [0.3, 0.4) is 0 Å². The third-order valence-electron chi connectivity index (χ3n) is 1.23. The van der Waals surface area contributed by atoms with E-state index in [4.69, 9.17) is 4.55 Å². The second-order valence-electron chi connectivity index (χ2n) is 2.46. The van der Waals surface area contributed by atoms with E-state index >= 15 is 0 Å². The molecule has 7 nitrogen and oxygen atoms in total. The zero-order valence-corrected chi connectivity index (χ0v) is 7.94. The fourth-order valence-corrected chi connectivity index (χ4v) is 1.36. The fraction of sp³-hybridized carbons (Fsp3) is 0.400. The van der Waals surface area contributed by atoms with Crippen LogP contribution in [0.25, 0.3) is 0 Å². The first-order valence-electron chi connectivity index (χ1n) is 3.39. The van der Waals surface area contributed by atoms with Gasteiger partial charge >= 0.3 is 6.08 Å². The molecule has 0 amide bonds. The molecule has 0 atom stereocenters. The maximum atomic E-state index is 12.5. The van der Waals surface area contributed by atoms with Crippen molar-refractivity contribution in [1.29, 1.82) is 0 Å². The molecule has 1 rings (SSSR count). The minimum absolute atomic E-state index is 0.171. The van der Waals surface area contributed by atoms with Crippen molar-refractivity contribution >= 4 is 16.1 Å². The van der Waals surface area contributed by atoms with Crippen LogP contribution in [0.4, 0.5) is 10.3 Å². The quantitative estimate of drug-likeness (QED) is 0.675. The van der Waals surface area contributed by atoms with Crippen LogP contribution in [0.5, 0.6) is 0 Å². The monoisotopic (exact) mass is 222 g/mol. The largest absolute Gasteiger partial charge is 0.327 e. The van der Waals surface area contributed by atoms with Crippen molar-refractivity contribution in [2.45, 2.75) is 0 Å². The summed E-state index contributed by atoms with van der Waals surface area (Å²) >= 11 is 0. The van der Waals surface area contributed by atoms with Gasteiger partial charge in [-0.2, -0.15) is 22.8 Å². The summed E-state index contributed by atoms with van der Waals surface area (Å²) in [6.07, 6.45) is -0.116. The third kappa shape index (κ3) is 3.18. The second kappa shape index (κ2) is 3.80. The molecular weight excluding hydrogens is 215 g/mol. The molecular formula is C5H7FN4O3S. The predicted molar refractivity (Wildman–Crippen MR) is 44.6 cm³/mol. The molecule has 1 aromatic heterocycles. The molecule has 0 aromatic carbocycles. The Bertz CT molecular complexity index is 423. The van der Waals surface area contributed by atoms with Crippen LogP contribution in [-0.4, -0.2) is 40.8 Å². The molecule has 0 bridgehead atoms. The highest BCUT2D eigenvalue weighted by molar-refractivity contribution is 7.85. The number of hydrogen-bond donors (Lipinski definition) is 1. The van der Waals surface area contributed by atoms with E-state index in [1.807, 2.05) is 0 Å². The topological polar surface area (TPSA) is 96.3 Å². The van der Waals surface area contributed by atoms with Crippen LogP contribution in [0, 0.1) is 6.08 Å². The fourth-order valence-electron chi connectivity index (χ4n) is 0.755. The minimum atomic E-state index is -4.18. The van der Waals surface area contributed by atoms with Crippen molar-refractivity contribution in [3.8, 4) is 0 Å². The van der Waals surface area contributed by atoms with Crippen LogP contribution in [0.15, 0.2) is 6.33 Å². The van der Waals surface area contributed by atoms with Gasteiger partial charge in [0.25, 0.3) is 10.1 Å². The summed E-state index contributed by atoms with van der Waals surface area (Å²) in [5.74, 6) is -0.883. The van der Waals surface area contributed by atoms with Crippen LogP contribution in [0.1, 0.15) is 0 Å². The maximum absolute atomic E-state index is 12.5. The predicted octanol–water partition coefficient (Wildman–Crippen LogP) is -0.708. The summed E-state index contributed by atoms with van der Waals surface area (Å²) in [4.78, 5) is 10.8. The van der Waals surface area contributed by atoms with Gasteiger partial charge in [-0.05, 0) is 0 Å². The van der Waals surface area contributed by atoms with Crippen LogP contribution < -0.4 is 4.90 Å². The van der Waals surface area contributed by atoms with Gasteiger partial charge in [-0.1, -0.05) is 0 Å². The lowest BCUT2D eigenvalue weighted by molar-refractivity contribution is 0.481. The van der Waals surface area contributed by atoms with Crippen LogP contribution in [-0.2, 0) is 10.1 Å². The molecule has 14 heavy (non-hydrogen) atoms. The summed E-state index contributed by atoms with van der Waals surface area (Å²) in [5.41, 5.74) is 0. The van der Waals surface area contributed by atoms with E-state index in [2.05, 4.69) is 15.0 Å². The molecule has 0 fully saturated rings. The van der Waals surface area contributed by atoms with Gasteiger partial charge in [0.1, 0.15) is 12.2 Å². The first-order chi connectivity index (χ1) is 6.38. The Morgan fingerprint density at radius 2 is 2.21 bits per heavy atom. The van der Waals surface area contributed by atoms with Crippen LogP contribution >= 0.6 is 0 Å². The molecule has 0 unspecified atom stereocenters. The van der Waals surface area contributed by atoms with E-state index < -0.39 is 22.1 Å². The first kappa shape index (κ1) is 10.7. The highest BCUT2D eigenvalue weighted by Crippen LogP contribution is 2.03. The smallest absolute Gasteiger partial charge is 0.313 e. The van der Waals surface area contributed by atoms with Gasteiger partial charge in [-0.3, -0.25) is 4.55 Å². The van der Waals surface area contributed by atoms with Crippen molar-refractivity contribution < 1.29 is 17.4 Å². The van der Waals surface area contributed by atoms with E-state index in [1.165, 1.54) is 7.05 Å². The number of rotatable bonds is 3. The Morgan fingerprint density at radius 1 is 1.57 bits per heavy atom. The van der Waals surface area contributed by atoms with E-state index in [9.17, 15) is 12.8 Å². The van der Waals surface area contributed by atoms with Gasteiger partial charge in [0.05, 0.1) is 0 Å². The lowest BCUT2D eigenvalue weighted by Gasteiger charge is -2.13. The van der Waals surface area contributed by atoms with Crippen molar-refractivity contribution in [3.05, 3.63) is 12.4 Å². The number of nitrogens with zero attached hydrogens (tertiary/aromatic N) is 4. The van der Waals surface area contributed by atoms with E-state index in [0.29, 0.717) is 0 Å². The minimum Gasteiger partial charge on any atom is -0.327 e. The van der Waals surface area contributed by atoms with Crippen molar-refractivity contribution in [2.75, 3.05) is 17.8 Å². The van der Waals surface area contributed by atoms with Gasteiger partial charge in [-0.15, -0.1) is 0 Å². The van der Waals surface area contributed by atoms with Gasteiger partial charge < -0.3 is 4.90 Å². The Kier molecular flexibility index (Phi) is 2.91. The molecule has 0 aliphatic carbocycles. The summed E-state index contributed by atoms with van der Waals surface area (Å²) in [6, 6.07) is 0. The standard InChI is InChI=1S/C5H7FN4O3S/c1-10(3-14(11,12)13)5-8-2-7-4(6)9-5/h2H,3H2,1H3,(H,11,12,13). The Labute approximate surface area is 79.4 Å². The second-order valence-corrected chi connectivity index (χ2v) is 3.89. The molecule has 1 heterocycles. The van der Waals surface area contributed by atoms with Gasteiger partial charge in [0.2, 0.25) is 5.95 Å². The van der Waals surface area contributed by atoms with E-state index in [0.717, 1.165) is 11.2 Å². The summed E-state index contributed by atoms with van der Waals surface area (Å²) < 4.78 is 41.8. The molecule has 0 saturated heterocycles. The van der Waals surface area contributed by atoms with Crippen molar-refractivity contribution in [1.82, 2.24) is 15.0 Å². The lowest BCUT2D eigenvalue weighted by atomic mass is 10.8. The molecule has 1 N–H and O–H groups in total. The maximum Gasteiger partial charge on any atom is 0.313 e. The number of aromatic nitrogens is 3. The highest BCUT2D eigenvalue weighted by atomic mass is 32.2. The molecule has 0 spiro atoms. The molecule has 78 valence electrons. The highest BCUT2D eigenvalue weighted by Gasteiger charge is 2.13. The normalized spacial score (nSPS) is 11.4. The zero-order chi connectivity index (χ0) is 10.8. The molecule has 0 aliphatic rings. The van der Waals surface area contributed by atoms with Gasteiger partial charge in [0.15, 0.2) is 0 Å². The number of halogens is 1. The summed E-state index contributed by atoms with van der Waals surface area (Å²) in [6.45, 7) is 0. The van der Waals surface area contributed by atoms with E-state index in [1.54, 1.807) is 0 Å². The van der Waals surface area contributed by atoms with Crippen LogP contribution in [0.2, 0.25) is 0 Å².